The van der Waals surface area contributed by atoms with Gasteiger partial charge in [-0.2, -0.15) is 0 Å². The van der Waals surface area contributed by atoms with Crippen molar-refractivity contribution in [2.45, 2.75) is 25.9 Å². The third kappa shape index (κ3) is 5.34. The third-order valence-electron chi connectivity index (χ3n) is 7.02. The number of nitrogens with zero attached hydrogens (tertiary/aromatic N) is 1. The van der Waals surface area contributed by atoms with Gasteiger partial charge in [-0.3, -0.25) is 9.59 Å². The highest BCUT2D eigenvalue weighted by molar-refractivity contribution is 6.14. The van der Waals surface area contributed by atoms with Gasteiger partial charge in [0.2, 0.25) is 0 Å². The lowest BCUT2D eigenvalue weighted by atomic mass is 9.98. The molecule has 0 aromatic heterocycles. The molecule has 0 saturated heterocycles. The highest BCUT2D eigenvalue weighted by Gasteiger charge is 2.29. The molecule has 4 aromatic carbocycles. The summed E-state index contributed by atoms with van der Waals surface area (Å²) in [5.74, 6) is -2.90. The number of aromatic carboxylic acids is 1. The number of benzene rings is 4. The molecular weight excluding hydrogens is 511 g/mol. The summed E-state index contributed by atoms with van der Waals surface area (Å²) in [7, 11) is 0. The molecule has 0 fully saturated rings. The minimum absolute atomic E-state index is 0.0859. The summed E-state index contributed by atoms with van der Waals surface area (Å²) in [4.78, 5) is 40.5. The van der Waals surface area contributed by atoms with Crippen LogP contribution in [0.2, 0.25) is 0 Å². The summed E-state index contributed by atoms with van der Waals surface area (Å²) >= 11 is 0. The number of carbonyl (C=O) groups is 3. The smallest absolute Gasteiger partial charge is 0.336 e. The Morgan fingerprint density at radius 2 is 1.65 bits per heavy atom. The lowest BCUT2D eigenvalue weighted by molar-refractivity contribution is 0.0691. The van der Waals surface area contributed by atoms with Crippen LogP contribution in [0.3, 0.4) is 0 Å². The molecule has 0 aliphatic carbocycles. The molecule has 1 aliphatic heterocycles. The molecule has 7 nitrogen and oxygen atoms in total. The maximum absolute atomic E-state index is 13.9. The molecule has 0 saturated carbocycles. The molecule has 5 rings (SSSR count). The van der Waals surface area contributed by atoms with Crippen molar-refractivity contribution in [1.29, 1.82) is 0 Å². The van der Waals surface area contributed by atoms with E-state index in [-0.39, 0.29) is 28.9 Å². The number of halogens is 1. The summed E-state index contributed by atoms with van der Waals surface area (Å²) in [6, 6.07) is 22.8. The number of hydrogen-bond acceptors (Lipinski definition) is 4. The Hall–Kier alpha value is -4.82. The molecule has 0 radical (unpaired) electrons. The number of aryl methyl sites for hydroxylation is 1. The van der Waals surface area contributed by atoms with Crippen molar-refractivity contribution < 1.29 is 29.0 Å². The lowest BCUT2D eigenvalue weighted by Crippen LogP contribution is -2.33. The number of nitrogens with one attached hydrogen (secondary N) is 1. The largest absolute Gasteiger partial charge is 0.478 e. The number of hydrogen-bond donors (Lipinski definition) is 3. The maximum Gasteiger partial charge on any atom is 0.336 e. The van der Waals surface area contributed by atoms with E-state index in [4.69, 9.17) is 0 Å². The Labute approximate surface area is 230 Å². The quantitative estimate of drug-likeness (QED) is 0.279. The molecule has 0 bridgehead atoms. The molecule has 1 aliphatic rings. The van der Waals surface area contributed by atoms with Crippen LogP contribution in [0.1, 0.15) is 61.1 Å². The molecule has 4 aromatic rings. The first-order chi connectivity index (χ1) is 19.2. The van der Waals surface area contributed by atoms with Crippen molar-refractivity contribution in [3.8, 4) is 11.1 Å². The van der Waals surface area contributed by atoms with Gasteiger partial charge in [-0.25, -0.2) is 9.18 Å². The van der Waals surface area contributed by atoms with Gasteiger partial charge >= 0.3 is 5.97 Å². The predicted octanol–water partition coefficient (Wildman–Crippen LogP) is 6.23. The van der Waals surface area contributed by atoms with Gasteiger partial charge in [0.15, 0.2) is 0 Å². The Kier molecular flexibility index (Phi) is 7.44. The highest BCUT2D eigenvalue weighted by atomic mass is 19.1. The second-order valence-electron chi connectivity index (χ2n) is 9.75. The molecule has 202 valence electrons. The third-order valence-corrected chi connectivity index (χ3v) is 7.02. The van der Waals surface area contributed by atoms with Crippen LogP contribution < -0.4 is 10.2 Å². The lowest BCUT2D eigenvalue weighted by Gasteiger charge is -2.24. The van der Waals surface area contributed by atoms with Crippen LogP contribution in [0.15, 0.2) is 84.9 Å². The zero-order chi connectivity index (χ0) is 28.4. The van der Waals surface area contributed by atoms with Crippen molar-refractivity contribution in [3.05, 3.63) is 119 Å². The van der Waals surface area contributed by atoms with E-state index < -0.39 is 29.7 Å². The molecule has 2 amide bonds. The zero-order valence-electron chi connectivity index (χ0n) is 21.7. The molecule has 1 atom stereocenters. The van der Waals surface area contributed by atoms with Crippen LogP contribution in [-0.4, -0.2) is 34.5 Å². The van der Waals surface area contributed by atoms with E-state index in [0.29, 0.717) is 24.1 Å². The fourth-order valence-corrected chi connectivity index (χ4v) is 4.96. The van der Waals surface area contributed by atoms with E-state index in [1.807, 2.05) is 43.3 Å². The summed E-state index contributed by atoms with van der Waals surface area (Å²) in [6.07, 6.45) is -0.163. The van der Waals surface area contributed by atoms with Crippen LogP contribution in [0.25, 0.3) is 11.1 Å². The second-order valence-corrected chi connectivity index (χ2v) is 9.75. The fourth-order valence-electron chi connectivity index (χ4n) is 4.96. The van der Waals surface area contributed by atoms with Crippen LogP contribution in [0.5, 0.6) is 0 Å². The summed E-state index contributed by atoms with van der Waals surface area (Å²) in [5.41, 5.74) is 3.54. The molecule has 8 heteroatoms. The molecule has 3 N–H and O–H groups in total. The predicted molar refractivity (Wildman–Crippen MR) is 150 cm³/mol. The normalized spacial score (nSPS) is 14.7. The average Bonchev–Trinajstić information content (AvgIpc) is 3.11. The number of rotatable bonds is 5. The van der Waals surface area contributed by atoms with E-state index in [9.17, 15) is 29.0 Å². The van der Waals surface area contributed by atoms with Crippen LogP contribution in [-0.2, 0) is 0 Å². The van der Waals surface area contributed by atoms with E-state index in [1.165, 1.54) is 41.3 Å². The van der Waals surface area contributed by atoms with Gasteiger partial charge in [-0.1, -0.05) is 48.0 Å². The molecular formula is C32H27FN2O5. The van der Waals surface area contributed by atoms with Crippen molar-refractivity contribution in [1.82, 2.24) is 0 Å². The Bertz CT molecular complexity index is 1620. The standard InChI is InChI=1S/C32H27FN2O5/c1-19-8-10-20(11-9-19)23-5-2-3-6-24(23)30(37)34-22-13-14-25(26(18-22)32(39)40)31(38)35-16-4-7-29(36)27-17-21(33)12-15-28(27)35/h2-3,5-6,8-15,17-18,29,36H,4,7,16H2,1H3,(H,34,37)(H,39,40). The minimum Gasteiger partial charge on any atom is -0.478 e. The molecule has 0 spiro atoms. The number of carboxylic acid groups (broad SMARTS) is 1. The highest BCUT2D eigenvalue weighted by Crippen LogP contribution is 2.35. The molecule has 1 unspecified atom stereocenters. The van der Waals surface area contributed by atoms with E-state index in [1.54, 1.807) is 12.1 Å². The summed E-state index contributed by atoms with van der Waals surface area (Å²) < 4.78 is 13.9. The number of aliphatic hydroxyl groups is 1. The van der Waals surface area contributed by atoms with Crippen molar-refractivity contribution >= 4 is 29.2 Å². The fraction of sp³-hybridized carbons (Fsp3) is 0.156. The number of carboxylic acids is 1. The van der Waals surface area contributed by atoms with Crippen molar-refractivity contribution in [2.24, 2.45) is 0 Å². The zero-order valence-corrected chi connectivity index (χ0v) is 21.7. The summed E-state index contributed by atoms with van der Waals surface area (Å²) in [6.45, 7) is 2.20. The van der Waals surface area contributed by atoms with Crippen LogP contribution in [0, 0.1) is 12.7 Å². The van der Waals surface area contributed by atoms with E-state index in [2.05, 4.69) is 5.32 Å². The van der Waals surface area contributed by atoms with Crippen molar-refractivity contribution in [2.75, 3.05) is 16.8 Å². The Balaban J connectivity index is 1.45. The van der Waals surface area contributed by atoms with E-state index >= 15 is 0 Å². The first-order valence-corrected chi connectivity index (χ1v) is 12.9. The number of carbonyl (C=O) groups excluding carboxylic acids is 2. The van der Waals surface area contributed by atoms with Crippen LogP contribution in [0.4, 0.5) is 15.8 Å². The number of fused-ring (bicyclic) bond motifs is 1. The number of amides is 2. The van der Waals surface area contributed by atoms with Crippen molar-refractivity contribution in [3.63, 3.8) is 0 Å². The monoisotopic (exact) mass is 538 g/mol. The van der Waals surface area contributed by atoms with Gasteiger partial charge in [0.1, 0.15) is 5.82 Å². The van der Waals surface area contributed by atoms with Gasteiger partial charge in [0.25, 0.3) is 11.8 Å². The van der Waals surface area contributed by atoms with Gasteiger partial charge in [0.05, 0.1) is 17.2 Å². The second kappa shape index (κ2) is 11.1. The average molecular weight is 539 g/mol. The topological polar surface area (TPSA) is 107 Å². The van der Waals surface area contributed by atoms with Crippen LogP contribution >= 0.6 is 0 Å². The van der Waals surface area contributed by atoms with Gasteiger partial charge in [0, 0.05) is 29.0 Å². The minimum atomic E-state index is -1.34. The molecule has 40 heavy (non-hydrogen) atoms. The van der Waals surface area contributed by atoms with Gasteiger partial charge < -0.3 is 20.4 Å². The number of aliphatic hydroxyl groups excluding tert-OH is 1. The first-order valence-electron chi connectivity index (χ1n) is 12.9. The SMILES string of the molecule is Cc1ccc(-c2ccccc2C(=O)Nc2ccc(C(=O)N3CCCC(O)c4cc(F)ccc43)c(C(=O)O)c2)cc1. The Morgan fingerprint density at radius 1 is 0.900 bits per heavy atom. The summed E-state index contributed by atoms with van der Waals surface area (Å²) in [5, 5.41) is 23.2. The Morgan fingerprint density at radius 3 is 2.40 bits per heavy atom. The van der Waals surface area contributed by atoms with Gasteiger partial charge in [-0.15, -0.1) is 0 Å². The first kappa shape index (κ1) is 26.8. The van der Waals surface area contributed by atoms with Gasteiger partial charge in [-0.05, 0) is 73.4 Å². The number of anilines is 2. The molecule has 1 heterocycles. The van der Waals surface area contributed by atoms with E-state index in [0.717, 1.165) is 16.7 Å². The maximum atomic E-state index is 13.9.